The molecule has 4 saturated carbocycles. The summed E-state index contributed by atoms with van der Waals surface area (Å²) in [6.45, 7) is 0.780. The Bertz CT molecular complexity index is 262. The molecule has 4 rings (SSSR count). The minimum absolute atomic E-state index is 0.184. The van der Waals surface area contributed by atoms with Crippen LogP contribution in [0.5, 0.6) is 0 Å². The molecule has 0 aromatic rings. The SMILES string of the molecule is NC(=O)CCNC1C2CC3CC(C2)CC1C3. The van der Waals surface area contributed by atoms with Gasteiger partial charge in [-0.3, -0.25) is 4.79 Å². The number of rotatable bonds is 4. The maximum Gasteiger partial charge on any atom is 0.218 e. The van der Waals surface area contributed by atoms with Gasteiger partial charge in [-0.25, -0.2) is 0 Å². The average molecular weight is 222 g/mol. The van der Waals surface area contributed by atoms with Crippen molar-refractivity contribution >= 4 is 5.91 Å². The molecule has 3 N–H and O–H groups in total. The molecule has 0 unspecified atom stereocenters. The first kappa shape index (κ1) is 10.6. The number of nitrogens with one attached hydrogen (secondary N) is 1. The molecule has 0 saturated heterocycles. The van der Waals surface area contributed by atoms with Crippen LogP contribution in [0.4, 0.5) is 0 Å². The third-order valence-electron chi connectivity index (χ3n) is 4.98. The number of carbonyl (C=O) groups excluding carboxylic acids is 1. The topological polar surface area (TPSA) is 55.1 Å². The molecule has 0 aliphatic heterocycles. The first-order chi connectivity index (χ1) is 7.72. The fourth-order valence-electron chi connectivity index (χ4n) is 4.62. The average Bonchev–Trinajstić information content (AvgIpc) is 2.20. The summed E-state index contributed by atoms with van der Waals surface area (Å²) in [7, 11) is 0. The van der Waals surface area contributed by atoms with E-state index in [1.54, 1.807) is 0 Å². The normalized spacial score (nSPS) is 44.9. The smallest absolute Gasteiger partial charge is 0.218 e. The highest BCUT2D eigenvalue weighted by Gasteiger charge is 2.47. The van der Waals surface area contributed by atoms with Crippen molar-refractivity contribution in [3.8, 4) is 0 Å². The molecule has 3 nitrogen and oxygen atoms in total. The predicted octanol–water partition coefficient (Wildman–Crippen LogP) is 1.28. The first-order valence-electron chi connectivity index (χ1n) is 6.74. The van der Waals surface area contributed by atoms with Gasteiger partial charge in [-0.2, -0.15) is 0 Å². The van der Waals surface area contributed by atoms with Gasteiger partial charge in [0.25, 0.3) is 0 Å². The second kappa shape index (κ2) is 4.02. The highest BCUT2D eigenvalue weighted by molar-refractivity contribution is 5.73. The van der Waals surface area contributed by atoms with E-state index in [-0.39, 0.29) is 5.91 Å². The predicted molar refractivity (Wildman–Crippen MR) is 62.6 cm³/mol. The Balaban J connectivity index is 1.57. The van der Waals surface area contributed by atoms with E-state index in [0.717, 1.165) is 30.2 Å². The van der Waals surface area contributed by atoms with Gasteiger partial charge in [0.15, 0.2) is 0 Å². The number of hydrogen-bond acceptors (Lipinski definition) is 2. The number of amides is 1. The van der Waals surface area contributed by atoms with E-state index >= 15 is 0 Å². The Labute approximate surface area is 97.2 Å². The van der Waals surface area contributed by atoms with Crippen molar-refractivity contribution in [2.24, 2.45) is 29.4 Å². The Morgan fingerprint density at radius 3 is 2.12 bits per heavy atom. The van der Waals surface area contributed by atoms with Crippen LogP contribution in [0.25, 0.3) is 0 Å². The zero-order valence-electron chi connectivity index (χ0n) is 9.82. The van der Waals surface area contributed by atoms with Crippen molar-refractivity contribution in [3.05, 3.63) is 0 Å². The summed E-state index contributed by atoms with van der Waals surface area (Å²) in [6.07, 6.45) is 7.72. The molecule has 4 fully saturated rings. The summed E-state index contributed by atoms with van der Waals surface area (Å²) in [5, 5.41) is 3.60. The summed E-state index contributed by atoms with van der Waals surface area (Å²) >= 11 is 0. The fraction of sp³-hybridized carbons (Fsp3) is 0.923. The maximum atomic E-state index is 10.7. The molecule has 0 radical (unpaired) electrons. The Morgan fingerprint density at radius 1 is 1.06 bits per heavy atom. The monoisotopic (exact) mass is 222 g/mol. The van der Waals surface area contributed by atoms with Gasteiger partial charge in [0.05, 0.1) is 0 Å². The summed E-state index contributed by atoms with van der Waals surface area (Å²) in [4.78, 5) is 10.7. The van der Waals surface area contributed by atoms with Crippen LogP contribution in [0, 0.1) is 23.7 Å². The zero-order chi connectivity index (χ0) is 11.1. The van der Waals surface area contributed by atoms with Crippen LogP contribution < -0.4 is 11.1 Å². The van der Waals surface area contributed by atoms with Gasteiger partial charge < -0.3 is 11.1 Å². The van der Waals surface area contributed by atoms with Crippen LogP contribution in [0.3, 0.4) is 0 Å². The molecule has 0 heterocycles. The second-order valence-corrected chi connectivity index (χ2v) is 6.13. The minimum Gasteiger partial charge on any atom is -0.370 e. The lowest BCUT2D eigenvalue weighted by Gasteiger charge is -2.54. The van der Waals surface area contributed by atoms with Crippen molar-refractivity contribution in [2.45, 2.75) is 44.6 Å². The first-order valence-corrected chi connectivity index (χ1v) is 6.74. The standard InChI is InChI=1S/C13H22N2O/c14-12(16)1-2-15-13-10-4-8-3-9(6-10)7-11(13)5-8/h8-11,13,15H,1-7H2,(H2,14,16). The van der Waals surface area contributed by atoms with E-state index in [1.807, 2.05) is 0 Å². The Morgan fingerprint density at radius 2 is 1.62 bits per heavy atom. The van der Waals surface area contributed by atoms with Crippen LogP contribution in [-0.4, -0.2) is 18.5 Å². The molecule has 4 aliphatic rings. The quantitative estimate of drug-likeness (QED) is 0.752. The van der Waals surface area contributed by atoms with Gasteiger partial charge in [-0.1, -0.05) is 0 Å². The van der Waals surface area contributed by atoms with Crippen LogP contribution >= 0.6 is 0 Å². The Hall–Kier alpha value is -0.570. The number of hydrogen-bond donors (Lipinski definition) is 2. The molecule has 4 aliphatic carbocycles. The molecule has 3 heteroatoms. The van der Waals surface area contributed by atoms with Crippen molar-refractivity contribution < 1.29 is 4.79 Å². The van der Waals surface area contributed by atoms with E-state index < -0.39 is 0 Å². The second-order valence-electron chi connectivity index (χ2n) is 6.13. The van der Waals surface area contributed by atoms with E-state index in [4.69, 9.17) is 5.73 Å². The molecular weight excluding hydrogens is 200 g/mol. The van der Waals surface area contributed by atoms with Crippen molar-refractivity contribution in [1.29, 1.82) is 0 Å². The number of carbonyl (C=O) groups is 1. The van der Waals surface area contributed by atoms with E-state index in [9.17, 15) is 4.79 Å². The molecule has 16 heavy (non-hydrogen) atoms. The molecule has 0 atom stereocenters. The molecule has 4 bridgehead atoms. The van der Waals surface area contributed by atoms with Crippen molar-refractivity contribution in [2.75, 3.05) is 6.54 Å². The lowest BCUT2D eigenvalue weighted by molar-refractivity contribution is -0.118. The molecule has 0 spiro atoms. The van der Waals surface area contributed by atoms with Gasteiger partial charge in [-0.15, -0.1) is 0 Å². The largest absolute Gasteiger partial charge is 0.370 e. The van der Waals surface area contributed by atoms with Crippen molar-refractivity contribution in [3.63, 3.8) is 0 Å². The Kier molecular flexibility index (Phi) is 2.66. The molecule has 0 aromatic carbocycles. The zero-order valence-corrected chi connectivity index (χ0v) is 9.82. The summed E-state index contributed by atoms with van der Waals surface area (Å²) in [6, 6.07) is 0.687. The van der Waals surface area contributed by atoms with Gasteiger partial charge in [0.1, 0.15) is 0 Å². The molecular formula is C13H22N2O. The van der Waals surface area contributed by atoms with Crippen LogP contribution in [0.1, 0.15) is 38.5 Å². The highest BCUT2D eigenvalue weighted by Crippen LogP contribution is 2.53. The highest BCUT2D eigenvalue weighted by atomic mass is 16.1. The van der Waals surface area contributed by atoms with E-state index in [2.05, 4.69) is 5.32 Å². The van der Waals surface area contributed by atoms with E-state index in [1.165, 1.54) is 32.1 Å². The fourth-order valence-corrected chi connectivity index (χ4v) is 4.62. The lowest BCUT2D eigenvalue weighted by Crippen LogP contribution is -2.54. The summed E-state index contributed by atoms with van der Waals surface area (Å²) in [5.74, 6) is 3.65. The van der Waals surface area contributed by atoms with E-state index in [0.29, 0.717) is 12.5 Å². The van der Waals surface area contributed by atoms with Gasteiger partial charge in [0.2, 0.25) is 5.91 Å². The molecule has 0 aromatic heterocycles. The van der Waals surface area contributed by atoms with Gasteiger partial charge >= 0.3 is 0 Å². The third-order valence-corrected chi connectivity index (χ3v) is 4.98. The minimum atomic E-state index is -0.184. The van der Waals surface area contributed by atoms with Crippen molar-refractivity contribution in [1.82, 2.24) is 5.32 Å². The number of nitrogens with two attached hydrogens (primary N) is 1. The molecule has 90 valence electrons. The van der Waals surface area contributed by atoms with Crippen LogP contribution in [0.15, 0.2) is 0 Å². The van der Waals surface area contributed by atoms with Gasteiger partial charge in [0, 0.05) is 19.0 Å². The summed E-state index contributed by atoms with van der Waals surface area (Å²) < 4.78 is 0. The van der Waals surface area contributed by atoms with Gasteiger partial charge in [-0.05, 0) is 55.8 Å². The number of primary amides is 1. The van der Waals surface area contributed by atoms with Crippen LogP contribution in [-0.2, 0) is 4.79 Å². The molecule has 1 amide bonds. The van der Waals surface area contributed by atoms with Crippen LogP contribution in [0.2, 0.25) is 0 Å². The lowest BCUT2D eigenvalue weighted by atomic mass is 9.54. The third kappa shape index (κ3) is 1.86. The summed E-state index contributed by atoms with van der Waals surface area (Å²) in [5.41, 5.74) is 5.17. The maximum absolute atomic E-state index is 10.7.